The molecular weight excluding hydrogens is 860 g/mol. The number of hydrogen-bond acceptors (Lipinski definition) is 3. The van der Waals surface area contributed by atoms with E-state index in [4.69, 9.17) is 4.42 Å². The lowest BCUT2D eigenvalue weighted by atomic mass is 9.33. The van der Waals surface area contributed by atoms with Gasteiger partial charge in [-0.1, -0.05) is 173 Å². The van der Waals surface area contributed by atoms with Crippen molar-refractivity contribution < 1.29 is 4.42 Å². The zero-order chi connectivity index (χ0) is 49.5. The van der Waals surface area contributed by atoms with Gasteiger partial charge >= 0.3 is 0 Å². The Labute approximate surface area is 421 Å². The minimum atomic E-state index is -0.206. The highest BCUT2D eigenvalue weighted by atomic mass is 16.3. The molecule has 0 radical (unpaired) electrons. The van der Waals surface area contributed by atoms with Gasteiger partial charge in [0, 0.05) is 44.5 Å². The Balaban J connectivity index is 1.18. The molecule has 0 unspecified atom stereocenters. The smallest absolute Gasteiger partial charge is 0.252 e. The fourth-order valence-electron chi connectivity index (χ4n) is 14.3. The van der Waals surface area contributed by atoms with Crippen molar-refractivity contribution >= 4 is 79.2 Å². The molecule has 2 aliphatic heterocycles. The van der Waals surface area contributed by atoms with Crippen LogP contribution in [0, 0.1) is 13.8 Å². The van der Waals surface area contributed by atoms with Crippen LogP contribution < -0.4 is 26.2 Å². The van der Waals surface area contributed by atoms with Crippen molar-refractivity contribution in [2.45, 2.75) is 124 Å². The minimum Gasteiger partial charge on any atom is -0.456 e. The minimum absolute atomic E-state index is 0.00738. The summed E-state index contributed by atoms with van der Waals surface area (Å²) >= 11 is 0. The summed E-state index contributed by atoms with van der Waals surface area (Å²) in [6, 6.07) is 56.2. The highest BCUT2D eigenvalue weighted by Gasteiger charge is 2.50. The molecule has 2 aliphatic carbocycles. The van der Waals surface area contributed by atoms with E-state index in [0.717, 1.165) is 34.0 Å². The van der Waals surface area contributed by atoms with Crippen LogP contribution in [0.25, 0.3) is 33.1 Å². The van der Waals surface area contributed by atoms with Gasteiger partial charge in [-0.2, -0.15) is 0 Å². The van der Waals surface area contributed by atoms with E-state index in [-0.39, 0.29) is 33.8 Å². The van der Waals surface area contributed by atoms with Gasteiger partial charge in [-0.05, 0) is 157 Å². The second kappa shape index (κ2) is 14.4. The third kappa shape index (κ3) is 6.09. The van der Waals surface area contributed by atoms with Crippen LogP contribution in [-0.2, 0) is 27.1 Å². The Hall–Kier alpha value is -6.78. The van der Waals surface area contributed by atoms with E-state index in [1.165, 1.54) is 106 Å². The van der Waals surface area contributed by atoms with E-state index in [1.807, 2.05) is 0 Å². The van der Waals surface area contributed by atoms with Gasteiger partial charge in [0.1, 0.15) is 11.2 Å². The fourth-order valence-corrected chi connectivity index (χ4v) is 14.3. The van der Waals surface area contributed by atoms with E-state index < -0.39 is 0 Å². The van der Waals surface area contributed by atoms with Crippen molar-refractivity contribution in [3.8, 4) is 11.1 Å². The van der Waals surface area contributed by atoms with Crippen LogP contribution in [-0.4, -0.2) is 6.71 Å². The molecule has 0 atom stereocenters. The Kier molecular flexibility index (Phi) is 8.98. The molecule has 3 heterocycles. The highest BCUT2D eigenvalue weighted by Crippen LogP contribution is 2.57. The van der Waals surface area contributed by atoms with E-state index >= 15 is 0 Å². The number of para-hydroxylation sites is 1. The summed E-state index contributed by atoms with van der Waals surface area (Å²) < 4.78 is 6.83. The predicted molar refractivity (Wildman–Crippen MR) is 303 cm³/mol. The summed E-state index contributed by atoms with van der Waals surface area (Å²) in [5, 5.41) is 2.30. The van der Waals surface area contributed by atoms with Gasteiger partial charge in [0.2, 0.25) is 0 Å². The lowest BCUT2D eigenvalue weighted by molar-refractivity contribution is 0.403. The Morgan fingerprint density at radius 2 is 1.10 bits per heavy atom. The van der Waals surface area contributed by atoms with Crippen LogP contribution in [0.3, 0.4) is 0 Å². The first kappa shape index (κ1) is 44.2. The van der Waals surface area contributed by atoms with Gasteiger partial charge in [0.25, 0.3) is 6.71 Å². The summed E-state index contributed by atoms with van der Waals surface area (Å²) in [5.41, 5.74) is 27.7. The number of furan rings is 1. The number of nitrogens with zero attached hydrogens (tertiary/aromatic N) is 2. The van der Waals surface area contributed by atoms with Crippen LogP contribution in [0.15, 0.2) is 150 Å². The van der Waals surface area contributed by atoms with Crippen molar-refractivity contribution in [3.63, 3.8) is 0 Å². The Morgan fingerprint density at radius 3 is 1.79 bits per heavy atom. The third-order valence-corrected chi connectivity index (χ3v) is 17.6. The molecule has 8 aromatic carbocycles. The quantitative estimate of drug-likeness (QED) is 0.165. The third-order valence-electron chi connectivity index (χ3n) is 17.6. The first-order valence-corrected chi connectivity index (χ1v) is 26.0. The number of anilines is 6. The molecule has 9 aromatic rings. The molecule has 1 aromatic heterocycles. The van der Waals surface area contributed by atoms with Crippen molar-refractivity contribution in [3.05, 3.63) is 196 Å². The number of hydrogen-bond donors (Lipinski definition) is 0. The van der Waals surface area contributed by atoms with Crippen molar-refractivity contribution in [2.24, 2.45) is 0 Å². The van der Waals surface area contributed by atoms with E-state index in [0.29, 0.717) is 0 Å². The zero-order valence-electron chi connectivity index (χ0n) is 43.9. The van der Waals surface area contributed by atoms with E-state index in [9.17, 15) is 0 Å². The molecule has 352 valence electrons. The van der Waals surface area contributed by atoms with Crippen LogP contribution in [0.4, 0.5) is 34.1 Å². The average Bonchev–Trinajstić information content (AvgIpc) is 3.80. The number of rotatable bonds is 3. The zero-order valence-corrected chi connectivity index (χ0v) is 43.9. The summed E-state index contributed by atoms with van der Waals surface area (Å²) in [4.78, 5) is 5.34. The topological polar surface area (TPSA) is 19.6 Å². The van der Waals surface area contributed by atoms with Crippen molar-refractivity contribution in [2.75, 3.05) is 9.80 Å². The maximum Gasteiger partial charge on any atom is 0.252 e. The first-order chi connectivity index (χ1) is 33.7. The van der Waals surface area contributed by atoms with Crippen LogP contribution in [0.5, 0.6) is 0 Å². The SMILES string of the molecule is Cc1cc2c3c(c1)N(c1ccc(C(C)(C)C)cc1-c1ccccc1)c1c(ccc4oc5ccccc5c14)B3c1cc3c(cc1N2c1cc2c(cc1C)C(C)(C)c1ccccc1C2(C)C)C(C)(C)CC3(C)C. The standard InChI is InChI=1S/C67H65BN2O/c1-39-31-56-61-57(32-39)70(53-29-27-42(63(3,4)5)34-44(53)41-21-15-14-16-22-41)62-51(28-30-59-60(62)43-23-17-20-26-58(43)71-59)68(61)52-35-47-48(65(8,9)38-64(47,6)7)36-55(52)69(56)54-37-50-49(33-40(54)2)66(10,11)45-24-18-19-25-46(45)67(50,12)13/h14-37H,38H2,1-13H3. The monoisotopic (exact) mass is 925 g/mol. The molecule has 0 saturated carbocycles. The first-order valence-electron chi connectivity index (χ1n) is 26.0. The molecule has 0 N–H and O–H groups in total. The second-order valence-corrected chi connectivity index (χ2v) is 25.0. The van der Waals surface area contributed by atoms with Gasteiger partial charge in [-0.25, -0.2) is 0 Å². The van der Waals surface area contributed by atoms with Crippen molar-refractivity contribution in [1.82, 2.24) is 0 Å². The van der Waals surface area contributed by atoms with Gasteiger partial charge in [-0.3, -0.25) is 0 Å². The summed E-state index contributed by atoms with van der Waals surface area (Å²) in [7, 11) is 0. The summed E-state index contributed by atoms with van der Waals surface area (Å²) in [5.74, 6) is 0. The maximum absolute atomic E-state index is 6.83. The van der Waals surface area contributed by atoms with Gasteiger partial charge in [0.15, 0.2) is 0 Å². The molecule has 71 heavy (non-hydrogen) atoms. The number of fused-ring (bicyclic) bond motifs is 11. The predicted octanol–water partition coefficient (Wildman–Crippen LogP) is 16.2. The second-order valence-electron chi connectivity index (χ2n) is 25.0. The van der Waals surface area contributed by atoms with E-state index in [2.05, 4.69) is 245 Å². The molecule has 0 amide bonds. The Morgan fingerprint density at radius 1 is 0.493 bits per heavy atom. The molecule has 0 spiro atoms. The normalized spacial score (nSPS) is 17.4. The summed E-state index contributed by atoms with van der Waals surface area (Å²) in [6.07, 6.45) is 1.10. The molecule has 0 saturated heterocycles. The summed E-state index contributed by atoms with van der Waals surface area (Å²) in [6.45, 7) is 31.2. The molecule has 13 rings (SSSR count). The molecule has 4 heteroatoms. The van der Waals surface area contributed by atoms with Crippen LogP contribution in [0.2, 0.25) is 0 Å². The van der Waals surface area contributed by atoms with E-state index in [1.54, 1.807) is 0 Å². The largest absolute Gasteiger partial charge is 0.456 e. The van der Waals surface area contributed by atoms with Gasteiger partial charge in [0.05, 0.1) is 16.8 Å². The number of benzene rings is 8. The van der Waals surface area contributed by atoms with Crippen molar-refractivity contribution in [1.29, 1.82) is 0 Å². The number of aryl methyl sites for hydroxylation is 2. The Bertz CT molecular complexity index is 3760. The van der Waals surface area contributed by atoms with Gasteiger partial charge in [-0.15, -0.1) is 0 Å². The molecule has 0 fully saturated rings. The van der Waals surface area contributed by atoms with Crippen LogP contribution in [0.1, 0.15) is 133 Å². The molecular formula is C67H65BN2O. The lowest BCUT2D eigenvalue weighted by Crippen LogP contribution is -2.61. The molecule has 3 nitrogen and oxygen atoms in total. The highest BCUT2D eigenvalue weighted by molar-refractivity contribution is 7.00. The lowest BCUT2D eigenvalue weighted by Gasteiger charge is -2.47. The van der Waals surface area contributed by atoms with Crippen LogP contribution >= 0.6 is 0 Å². The molecule has 0 bridgehead atoms. The fraction of sp³-hybridized carbons (Fsp3) is 0.284. The average molecular weight is 925 g/mol. The van der Waals surface area contributed by atoms with Gasteiger partial charge < -0.3 is 14.2 Å². The maximum atomic E-state index is 6.83. The molecule has 4 aliphatic rings.